The first-order valence-electron chi connectivity index (χ1n) is 6.13. The minimum atomic E-state index is -0.530. The zero-order chi connectivity index (χ0) is 12.0. The highest BCUT2D eigenvalue weighted by molar-refractivity contribution is 4.98. The Labute approximate surface area is 98.1 Å². The molecule has 0 radical (unpaired) electrons. The van der Waals surface area contributed by atoms with Crippen molar-refractivity contribution in [1.82, 2.24) is 0 Å². The molecule has 4 nitrogen and oxygen atoms in total. The van der Waals surface area contributed by atoms with Crippen LogP contribution >= 0.6 is 0 Å². The molecule has 0 amide bonds. The van der Waals surface area contributed by atoms with Crippen LogP contribution in [0, 0.1) is 11.8 Å². The lowest BCUT2D eigenvalue weighted by Gasteiger charge is -2.26. The standard InChI is InChI=1S/C12H25NO3/c1-10(2)7-15-5-6-16-9-12(13,8-14)11-3-4-11/h10-11,14H,3-9,13H2,1-2H3. The van der Waals surface area contributed by atoms with Crippen molar-refractivity contribution in [2.75, 3.05) is 33.0 Å². The van der Waals surface area contributed by atoms with Gasteiger partial charge < -0.3 is 20.3 Å². The molecule has 1 saturated carbocycles. The molecule has 0 saturated heterocycles. The van der Waals surface area contributed by atoms with Gasteiger partial charge in [-0.1, -0.05) is 13.8 Å². The molecule has 1 aliphatic rings. The van der Waals surface area contributed by atoms with E-state index in [1.54, 1.807) is 0 Å². The maximum atomic E-state index is 9.23. The van der Waals surface area contributed by atoms with Crippen molar-refractivity contribution in [3.8, 4) is 0 Å². The van der Waals surface area contributed by atoms with Crippen molar-refractivity contribution in [2.24, 2.45) is 17.6 Å². The summed E-state index contributed by atoms with van der Waals surface area (Å²) in [5, 5.41) is 9.23. The van der Waals surface area contributed by atoms with Crippen molar-refractivity contribution < 1.29 is 14.6 Å². The lowest BCUT2D eigenvalue weighted by atomic mass is 9.97. The minimum absolute atomic E-state index is 0.00448. The van der Waals surface area contributed by atoms with Crippen LogP contribution in [0.4, 0.5) is 0 Å². The molecule has 0 heterocycles. The number of aliphatic hydroxyl groups is 1. The average Bonchev–Trinajstić information content (AvgIpc) is 3.06. The quantitative estimate of drug-likeness (QED) is 0.575. The molecule has 0 aromatic rings. The molecule has 0 bridgehead atoms. The predicted octanol–water partition coefficient (Wildman–Crippen LogP) is 0.775. The lowest BCUT2D eigenvalue weighted by Crippen LogP contribution is -2.50. The smallest absolute Gasteiger partial charge is 0.0701 e. The second-order valence-electron chi connectivity index (χ2n) is 5.19. The van der Waals surface area contributed by atoms with Gasteiger partial charge in [0, 0.05) is 6.61 Å². The van der Waals surface area contributed by atoms with Crippen molar-refractivity contribution in [2.45, 2.75) is 32.2 Å². The first kappa shape index (κ1) is 13.9. The van der Waals surface area contributed by atoms with Gasteiger partial charge in [-0.25, -0.2) is 0 Å². The van der Waals surface area contributed by atoms with Crippen LogP contribution in [0.2, 0.25) is 0 Å². The molecule has 4 heteroatoms. The van der Waals surface area contributed by atoms with Gasteiger partial charge in [0.15, 0.2) is 0 Å². The Bertz CT molecular complexity index is 195. The van der Waals surface area contributed by atoms with Gasteiger partial charge in [0.2, 0.25) is 0 Å². The minimum Gasteiger partial charge on any atom is -0.394 e. The highest BCUT2D eigenvalue weighted by atomic mass is 16.5. The van der Waals surface area contributed by atoms with E-state index in [1.807, 2.05) is 0 Å². The molecule has 1 unspecified atom stereocenters. The Kier molecular flexibility index (Phi) is 5.69. The molecule has 1 rings (SSSR count). The number of rotatable bonds is 9. The first-order chi connectivity index (χ1) is 7.58. The third kappa shape index (κ3) is 4.78. The molecule has 0 aromatic heterocycles. The fraction of sp³-hybridized carbons (Fsp3) is 1.00. The normalized spacial score (nSPS) is 20.1. The van der Waals surface area contributed by atoms with Gasteiger partial charge in [0.05, 0.1) is 32.0 Å². The zero-order valence-corrected chi connectivity index (χ0v) is 10.4. The number of hydrogen-bond donors (Lipinski definition) is 2. The van der Waals surface area contributed by atoms with Crippen LogP contribution in [0.25, 0.3) is 0 Å². The first-order valence-corrected chi connectivity index (χ1v) is 6.13. The van der Waals surface area contributed by atoms with Crippen LogP contribution < -0.4 is 5.73 Å². The summed E-state index contributed by atoms with van der Waals surface area (Å²) < 4.78 is 10.9. The van der Waals surface area contributed by atoms with Gasteiger partial charge in [-0.2, -0.15) is 0 Å². The molecule has 1 aliphatic carbocycles. The van der Waals surface area contributed by atoms with Gasteiger partial charge in [-0.15, -0.1) is 0 Å². The van der Waals surface area contributed by atoms with Crippen LogP contribution in [0.1, 0.15) is 26.7 Å². The van der Waals surface area contributed by atoms with E-state index in [4.69, 9.17) is 15.2 Å². The van der Waals surface area contributed by atoms with Crippen molar-refractivity contribution in [1.29, 1.82) is 0 Å². The molecule has 1 atom stereocenters. The van der Waals surface area contributed by atoms with Gasteiger partial charge >= 0.3 is 0 Å². The molecule has 1 fully saturated rings. The molecular weight excluding hydrogens is 206 g/mol. The summed E-state index contributed by atoms with van der Waals surface area (Å²) in [5.41, 5.74) is 5.52. The third-order valence-corrected chi connectivity index (χ3v) is 2.88. The van der Waals surface area contributed by atoms with Crippen LogP contribution in [0.15, 0.2) is 0 Å². The number of ether oxygens (including phenoxy) is 2. The van der Waals surface area contributed by atoms with E-state index >= 15 is 0 Å². The molecule has 3 N–H and O–H groups in total. The SMILES string of the molecule is CC(C)COCCOCC(N)(CO)C1CC1. The summed E-state index contributed by atoms with van der Waals surface area (Å²) in [6, 6.07) is 0. The Morgan fingerprint density at radius 2 is 1.94 bits per heavy atom. The van der Waals surface area contributed by atoms with E-state index in [0.717, 1.165) is 19.4 Å². The summed E-state index contributed by atoms with van der Waals surface area (Å²) in [4.78, 5) is 0. The molecule has 0 spiro atoms. The Morgan fingerprint density at radius 1 is 1.31 bits per heavy atom. The highest BCUT2D eigenvalue weighted by Gasteiger charge is 2.41. The van der Waals surface area contributed by atoms with E-state index in [-0.39, 0.29) is 6.61 Å². The summed E-state index contributed by atoms with van der Waals surface area (Å²) in [6.07, 6.45) is 2.23. The predicted molar refractivity (Wildman–Crippen MR) is 63.2 cm³/mol. The molecule has 0 aromatic carbocycles. The monoisotopic (exact) mass is 231 g/mol. The molecule has 96 valence electrons. The Morgan fingerprint density at radius 3 is 2.44 bits per heavy atom. The largest absolute Gasteiger partial charge is 0.394 e. The molecule has 16 heavy (non-hydrogen) atoms. The second kappa shape index (κ2) is 6.55. The lowest BCUT2D eigenvalue weighted by molar-refractivity contribution is 0.00358. The maximum absolute atomic E-state index is 9.23. The van der Waals surface area contributed by atoms with E-state index in [9.17, 15) is 5.11 Å². The topological polar surface area (TPSA) is 64.7 Å². The van der Waals surface area contributed by atoms with E-state index < -0.39 is 5.54 Å². The fourth-order valence-electron chi connectivity index (χ4n) is 1.65. The van der Waals surface area contributed by atoms with Crippen molar-refractivity contribution >= 4 is 0 Å². The maximum Gasteiger partial charge on any atom is 0.0701 e. The number of aliphatic hydroxyl groups excluding tert-OH is 1. The van der Waals surface area contributed by atoms with E-state index in [2.05, 4.69) is 13.8 Å². The van der Waals surface area contributed by atoms with Gasteiger partial charge in [0.25, 0.3) is 0 Å². The number of hydrogen-bond acceptors (Lipinski definition) is 4. The second-order valence-corrected chi connectivity index (χ2v) is 5.19. The number of nitrogens with two attached hydrogens (primary N) is 1. The van der Waals surface area contributed by atoms with Crippen molar-refractivity contribution in [3.05, 3.63) is 0 Å². The zero-order valence-electron chi connectivity index (χ0n) is 10.4. The van der Waals surface area contributed by atoms with Crippen molar-refractivity contribution in [3.63, 3.8) is 0 Å². The van der Waals surface area contributed by atoms with Gasteiger partial charge in [0.1, 0.15) is 0 Å². The molecular formula is C12H25NO3. The Hall–Kier alpha value is -0.160. The average molecular weight is 231 g/mol. The molecule has 0 aliphatic heterocycles. The van der Waals surface area contributed by atoms with Gasteiger partial charge in [-0.05, 0) is 24.7 Å². The van der Waals surface area contributed by atoms with Crippen LogP contribution in [-0.4, -0.2) is 43.7 Å². The highest BCUT2D eigenvalue weighted by Crippen LogP contribution is 2.38. The van der Waals surface area contributed by atoms with E-state index in [1.165, 1.54) is 0 Å². The summed E-state index contributed by atoms with van der Waals surface area (Å²) in [5.74, 6) is 0.992. The fourth-order valence-corrected chi connectivity index (χ4v) is 1.65. The van der Waals surface area contributed by atoms with Crippen LogP contribution in [-0.2, 0) is 9.47 Å². The summed E-state index contributed by atoms with van der Waals surface area (Å²) >= 11 is 0. The van der Waals surface area contributed by atoms with Crippen LogP contribution in [0.3, 0.4) is 0 Å². The third-order valence-electron chi connectivity index (χ3n) is 2.88. The summed E-state index contributed by atoms with van der Waals surface area (Å²) in [7, 11) is 0. The van der Waals surface area contributed by atoms with Crippen LogP contribution in [0.5, 0.6) is 0 Å². The van der Waals surface area contributed by atoms with Gasteiger partial charge in [-0.3, -0.25) is 0 Å². The Balaban J connectivity index is 2.01. The summed E-state index contributed by atoms with van der Waals surface area (Å²) in [6.45, 7) is 6.58. The van der Waals surface area contributed by atoms with E-state index in [0.29, 0.717) is 31.7 Å².